The summed E-state index contributed by atoms with van der Waals surface area (Å²) in [5.74, 6) is 0. The molecule has 108 valence electrons. The molecule has 0 saturated carbocycles. The van der Waals surface area contributed by atoms with E-state index in [0.717, 1.165) is 23.1 Å². The highest BCUT2D eigenvalue weighted by molar-refractivity contribution is 7.47. The first-order valence-electron chi connectivity index (χ1n) is 7.13. The molecular weight excluding hydrogens is 291 g/mol. The molecule has 1 N–H and O–H groups in total. The number of benzene rings is 3. The maximum atomic E-state index is 11.7. The second kappa shape index (κ2) is 6.65. The third kappa shape index (κ3) is 3.14. The van der Waals surface area contributed by atoms with Gasteiger partial charge in [0.25, 0.3) is 0 Å². The molecule has 3 aromatic rings. The van der Waals surface area contributed by atoms with Crippen molar-refractivity contribution in [3.05, 3.63) is 90.0 Å². The molecule has 0 amide bonds. The van der Waals surface area contributed by atoms with Gasteiger partial charge in [-0.05, 0) is 33.7 Å². The van der Waals surface area contributed by atoms with Gasteiger partial charge >= 0.3 is 8.03 Å². The third-order valence-corrected chi connectivity index (χ3v) is 4.42. The van der Waals surface area contributed by atoms with Gasteiger partial charge in [0.15, 0.2) is 0 Å². The zero-order valence-corrected chi connectivity index (χ0v) is 12.9. The van der Waals surface area contributed by atoms with Gasteiger partial charge in [0, 0.05) is 5.56 Å². The van der Waals surface area contributed by atoms with E-state index in [-0.39, 0.29) is 0 Å². The highest BCUT2D eigenvalue weighted by Gasteiger charge is 2.24. The number of rotatable bonds is 4. The molecule has 1 unspecified atom stereocenters. The minimum atomic E-state index is -2.38. The molecule has 3 aromatic carbocycles. The van der Waals surface area contributed by atoms with Crippen molar-refractivity contribution in [1.82, 2.24) is 0 Å². The molecule has 0 aromatic heterocycles. The second-order valence-electron chi connectivity index (χ2n) is 5.11. The number of hydrogen-bond donors (Lipinski definition) is 1. The summed E-state index contributed by atoms with van der Waals surface area (Å²) in [7, 11) is -2.38. The van der Waals surface area contributed by atoms with Crippen molar-refractivity contribution in [3.63, 3.8) is 0 Å². The zero-order chi connectivity index (χ0) is 15.4. The van der Waals surface area contributed by atoms with Crippen molar-refractivity contribution < 1.29 is 9.46 Å². The van der Waals surface area contributed by atoms with Gasteiger partial charge in [0.1, 0.15) is 0 Å². The van der Waals surface area contributed by atoms with Gasteiger partial charge in [-0.25, -0.2) is 0 Å². The smallest absolute Gasteiger partial charge is 0.156 e. The summed E-state index contributed by atoms with van der Waals surface area (Å²) in [6, 6.07) is 25.5. The van der Waals surface area contributed by atoms with E-state index in [0.29, 0.717) is 5.30 Å². The Kier molecular flexibility index (Phi) is 4.43. The topological polar surface area (TPSA) is 37.3 Å². The molecule has 1 atom stereocenters. The van der Waals surface area contributed by atoms with Crippen LogP contribution in [-0.4, -0.2) is 4.89 Å². The Morgan fingerprint density at radius 3 is 2.05 bits per heavy atom. The van der Waals surface area contributed by atoms with Crippen LogP contribution < -0.4 is 5.30 Å². The second-order valence-corrected chi connectivity index (χ2v) is 6.14. The molecule has 0 radical (unpaired) electrons. The fraction of sp³-hybridized carbons (Fsp3) is 0.0526. The normalized spacial score (nSPS) is 11.2. The maximum Gasteiger partial charge on any atom is 0.546 e. The SMILES string of the molecule is O=[P+](O)c1cccc(Cc2ccccc2)c1-c1ccccc1. The van der Waals surface area contributed by atoms with Crippen LogP contribution in [0.15, 0.2) is 78.9 Å². The predicted molar refractivity (Wildman–Crippen MR) is 90.6 cm³/mol. The number of hydrogen-bond acceptors (Lipinski definition) is 1. The van der Waals surface area contributed by atoms with Crippen molar-refractivity contribution in [2.24, 2.45) is 0 Å². The van der Waals surface area contributed by atoms with Crippen LogP contribution in [0.25, 0.3) is 11.1 Å². The van der Waals surface area contributed by atoms with Crippen molar-refractivity contribution >= 4 is 13.3 Å². The van der Waals surface area contributed by atoms with Crippen LogP contribution in [0.3, 0.4) is 0 Å². The van der Waals surface area contributed by atoms with Crippen LogP contribution in [-0.2, 0) is 11.0 Å². The standard InChI is InChI=1S/C19H15O2P/c20-22(21)18-13-7-12-17(14-15-8-3-1-4-9-15)19(18)16-10-5-2-6-11-16/h1-13H,14H2/p+1. The van der Waals surface area contributed by atoms with Gasteiger partial charge in [-0.1, -0.05) is 72.8 Å². The summed E-state index contributed by atoms with van der Waals surface area (Å²) in [5, 5.41) is 0.495. The third-order valence-electron chi connectivity index (χ3n) is 3.63. The van der Waals surface area contributed by atoms with E-state index in [4.69, 9.17) is 0 Å². The van der Waals surface area contributed by atoms with Crippen molar-refractivity contribution in [1.29, 1.82) is 0 Å². The van der Waals surface area contributed by atoms with E-state index < -0.39 is 8.03 Å². The molecule has 0 fully saturated rings. The maximum absolute atomic E-state index is 11.7. The van der Waals surface area contributed by atoms with Crippen molar-refractivity contribution in [3.8, 4) is 11.1 Å². The monoisotopic (exact) mass is 307 g/mol. The molecule has 0 spiro atoms. The van der Waals surface area contributed by atoms with Gasteiger partial charge < -0.3 is 0 Å². The van der Waals surface area contributed by atoms with E-state index in [9.17, 15) is 9.46 Å². The van der Waals surface area contributed by atoms with Gasteiger partial charge in [-0.3, -0.25) is 0 Å². The van der Waals surface area contributed by atoms with Gasteiger partial charge in [-0.15, -0.1) is 0 Å². The molecule has 0 saturated heterocycles. The predicted octanol–water partition coefficient (Wildman–Crippen LogP) is 4.30. The Hall–Kier alpha value is -2.28. The Morgan fingerprint density at radius 1 is 0.773 bits per heavy atom. The first-order valence-corrected chi connectivity index (χ1v) is 8.34. The summed E-state index contributed by atoms with van der Waals surface area (Å²) in [5.41, 5.74) is 4.09. The van der Waals surface area contributed by atoms with Crippen LogP contribution in [0.2, 0.25) is 0 Å². The lowest BCUT2D eigenvalue weighted by molar-refractivity contribution is 0.513. The molecule has 3 heteroatoms. The Balaban J connectivity index is 2.14. The first kappa shape index (κ1) is 14.6. The summed E-state index contributed by atoms with van der Waals surface area (Å²) in [4.78, 5) is 9.67. The van der Waals surface area contributed by atoms with E-state index in [1.54, 1.807) is 6.07 Å². The van der Waals surface area contributed by atoms with Crippen LogP contribution in [0.5, 0.6) is 0 Å². The highest BCUT2D eigenvalue weighted by atomic mass is 31.1. The minimum absolute atomic E-state index is 0.495. The summed E-state index contributed by atoms with van der Waals surface area (Å²) >= 11 is 0. The van der Waals surface area contributed by atoms with Gasteiger partial charge in [0.2, 0.25) is 5.30 Å². The summed E-state index contributed by atoms with van der Waals surface area (Å²) in [6.07, 6.45) is 0.738. The van der Waals surface area contributed by atoms with Gasteiger partial charge in [-0.2, -0.15) is 4.89 Å². The fourth-order valence-electron chi connectivity index (χ4n) is 2.65. The molecule has 0 heterocycles. The lowest BCUT2D eigenvalue weighted by Gasteiger charge is -2.10. The molecular formula is C19H16O2P+. The molecule has 0 aliphatic heterocycles. The van der Waals surface area contributed by atoms with Crippen molar-refractivity contribution in [2.45, 2.75) is 6.42 Å². The first-order chi connectivity index (χ1) is 10.8. The van der Waals surface area contributed by atoms with E-state index in [1.807, 2.05) is 60.7 Å². The largest absolute Gasteiger partial charge is 0.546 e. The summed E-state index contributed by atoms with van der Waals surface area (Å²) in [6.45, 7) is 0. The quantitative estimate of drug-likeness (QED) is 0.729. The van der Waals surface area contributed by atoms with Crippen LogP contribution in [0.1, 0.15) is 11.1 Å². The summed E-state index contributed by atoms with van der Waals surface area (Å²) < 4.78 is 11.7. The lowest BCUT2D eigenvalue weighted by Crippen LogP contribution is -2.06. The van der Waals surface area contributed by atoms with E-state index in [2.05, 4.69) is 12.1 Å². The Morgan fingerprint density at radius 2 is 1.41 bits per heavy atom. The average molecular weight is 307 g/mol. The van der Waals surface area contributed by atoms with Crippen LogP contribution >= 0.6 is 8.03 Å². The van der Waals surface area contributed by atoms with E-state index >= 15 is 0 Å². The lowest BCUT2D eigenvalue weighted by atomic mass is 9.95. The minimum Gasteiger partial charge on any atom is -0.156 e. The molecule has 0 bridgehead atoms. The molecule has 0 aliphatic carbocycles. The van der Waals surface area contributed by atoms with E-state index in [1.165, 1.54) is 5.56 Å². The molecule has 3 rings (SSSR count). The van der Waals surface area contributed by atoms with Gasteiger partial charge in [0.05, 0.1) is 0 Å². The fourth-order valence-corrected chi connectivity index (χ4v) is 3.32. The zero-order valence-electron chi connectivity index (χ0n) is 12.0. The molecule has 0 aliphatic rings. The van der Waals surface area contributed by atoms with Crippen LogP contribution in [0, 0.1) is 0 Å². The highest BCUT2D eigenvalue weighted by Crippen LogP contribution is 2.29. The van der Waals surface area contributed by atoms with Crippen LogP contribution in [0.4, 0.5) is 0 Å². The average Bonchev–Trinajstić information content (AvgIpc) is 2.56. The van der Waals surface area contributed by atoms with Crippen molar-refractivity contribution in [2.75, 3.05) is 0 Å². The molecule has 2 nitrogen and oxygen atoms in total. The Bertz CT molecular complexity index is 783. The Labute approximate surface area is 130 Å². The molecule has 22 heavy (non-hydrogen) atoms.